The van der Waals surface area contributed by atoms with Gasteiger partial charge < -0.3 is 10.0 Å². The first-order valence-electron chi connectivity index (χ1n) is 6.89. The Balaban J connectivity index is 2.20. The highest BCUT2D eigenvalue weighted by Gasteiger charge is 2.20. The molecule has 1 fully saturated rings. The van der Waals surface area contributed by atoms with Crippen LogP contribution >= 0.6 is 0 Å². The second-order valence-electron chi connectivity index (χ2n) is 5.15. The summed E-state index contributed by atoms with van der Waals surface area (Å²) in [6.07, 6.45) is 2.22. The second-order valence-corrected chi connectivity index (χ2v) is 7.13. The van der Waals surface area contributed by atoms with E-state index in [0.29, 0.717) is 11.4 Å². The topological polar surface area (TPSA) is 60.9 Å². The molecule has 2 rings (SSSR count). The fraction of sp³-hybridized carbons (Fsp3) is 0.571. The molecule has 1 saturated heterocycles. The van der Waals surface area contributed by atoms with Gasteiger partial charge in [0.05, 0.1) is 17.2 Å². The van der Waals surface area contributed by atoms with Gasteiger partial charge in [0.15, 0.2) is 9.84 Å². The average Bonchev–Trinajstić information content (AvgIpc) is 2.64. The van der Waals surface area contributed by atoms with Crippen LogP contribution in [0.3, 0.4) is 0 Å². The lowest BCUT2D eigenvalue weighted by molar-refractivity contribution is 0.204. The van der Waals surface area contributed by atoms with Crippen molar-refractivity contribution in [2.75, 3.05) is 50.5 Å². The van der Waals surface area contributed by atoms with Crippen molar-refractivity contribution >= 4 is 15.5 Å². The van der Waals surface area contributed by atoms with E-state index in [4.69, 9.17) is 5.11 Å². The first-order valence-corrected chi connectivity index (χ1v) is 8.79. The molecular formula is C14H22N2O3S. The van der Waals surface area contributed by atoms with Crippen LogP contribution in [0, 0.1) is 0 Å². The van der Waals surface area contributed by atoms with Crippen molar-refractivity contribution in [3.05, 3.63) is 24.3 Å². The SMILES string of the molecule is CS(=O)(=O)c1ccccc1N1CCCN(CCO)CC1. The number of hydrogen-bond donors (Lipinski definition) is 1. The summed E-state index contributed by atoms with van der Waals surface area (Å²) in [7, 11) is -3.21. The molecule has 0 bridgehead atoms. The number of rotatable bonds is 4. The summed E-state index contributed by atoms with van der Waals surface area (Å²) in [6, 6.07) is 7.18. The number of nitrogens with zero attached hydrogens (tertiary/aromatic N) is 2. The molecule has 1 N–H and O–H groups in total. The molecule has 0 radical (unpaired) electrons. The number of para-hydroxylation sites is 1. The number of aliphatic hydroxyl groups excluding tert-OH is 1. The van der Waals surface area contributed by atoms with Crippen molar-refractivity contribution in [3.8, 4) is 0 Å². The Hall–Kier alpha value is -1.11. The third-order valence-electron chi connectivity index (χ3n) is 3.61. The molecule has 0 aliphatic carbocycles. The van der Waals surface area contributed by atoms with Crippen molar-refractivity contribution in [3.63, 3.8) is 0 Å². The van der Waals surface area contributed by atoms with E-state index in [1.54, 1.807) is 12.1 Å². The molecule has 20 heavy (non-hydrogen) atoms. The molecular weight excluding hydrogens is 276 g/mol. The first-order chi connectivity index (χ1) is 9.52. The first kappa shape index (κ1) is 15.3. The van der Waals surface area contributed by atoms with E-state index in [0.717, 1.165) is 38.3 Å². The van der Waals surface area contributed by atoms with Gasteiger partial charge in [0, 0.05) is 32.4 Å². The number of anilines is 1. The second kappa shape index (κ2) is 6.56. The smallest absolute Gasteiger partial charge is 0.177 e. The predicted molar refractivity (Wildman–Crippen MR) is 79.9 cm³/mol. The van der Waals surface area contributed by atoms with Crippen LogP contribution in [0.4, 0.5) is 5.69 Å². The van der Waals surface area contributed by atoms with Crippen molar-refractivity contribution in [2.24, 2.45) is 0 Å². The van der Waals surface area contributed by atoms with E-state index < -0.39 is 9.84 Å². The van der Waals surface area contributed by atoms with Gasteiger partial charge in [0.1, 0.15) is 0 Å². The molecule has 5 nitrogen and oxygen atoms in total. The molecule has 0 aromatic heterocycles. The molecule has 0 spiro atoms. The minimum atomic E-state index is -3.21. The lowest BCUT2D eigenvalue weighted by Gasteiger charge is -2.25. The van der Waals surface area contributed by atoms with Gasteiger partial charge in [-0.25, -0.2) is 8.42 Å². The molecule has 0 saturated carbocycles. The Morgan fingerprint density at radius 1 is 1.15 bits per heavy atom. The normalized spacial score (nSPS) is 18.0. The maximum absolute atomic E-state index is 11.9. The summed E-state index contributed by atoms with van der Waals surface area (Å²) in [4.78, 5) is 4.74. The Morgan fingerprint density at radius 3 is 2.60 bits per heavy atom. The Bertz CT molecular complexity index is 545. The molecule has 1 aromatic rings. The molecule has 112 valence electrons. The monoisotopic (exact) mass is 298 g/mol. The van der Waals surface area contributed by atoms with Crippen LogP contribution in [-0.4, -0.2) is 64.0 Å². The van der Waals surface area contributed by atoms with Gasteiger partial charge in [-0.05, 0) is 25.1 Å². The van der Waals surface area contributed by atoms with Gasteiger partial charge in [-0.1, -0.05) is 12.1 Å². The van der Waals surface area contributed by atoms with Crippen LogP contribution in [-0.2, 0) is 9.84 Å². The maximum Gasteiger partial charge on any atom is 0.177 e. The van der Waals surface area contributed by atoms with E-state index in [9.17, 15) is 8.42 Å². The zero-order chi connectivity index (χ0) is 14.6. The average molecular weight is 298 g/mol. The number of β-amino-alcohol motifs (C(OH)–C–C–N with tert-alkyl or cyclic N) is 1. The van der Waals surface area contributed by atoms with E-state index in [-0.39, 0.29) is 6.61 Å². The third-order valence-corrected chi connectivity index (χ3v) is 4.75. The lowest BCUT2D eigenvalue weighted by atomic mass is 10.2. The van der Waals surface area contributed by atoms with Gasteiger partial charge in [0.25, 0.3) is 0 Å². The summed E-state index contributed by atoms with van der Waals surface area (Å²) >= 11 is 0. The Labute approximate surface area is 120 Å². The van der Waals surface area contributed by atoms with Crippen LogP contribution in [0.25, 0.3) is 0 Å². The molecule has 1 aliphatic heterocycles. The van der Waals surface area contributed by atoms with Crippen molar-refractivity contribution < 1.29 is 13.5 Å². The quantitative estimate of drug-likeness (QED) is 0.882. The van der Waals surface area contributed by atoms with Crippen molar-refractivity contribution in [2.45, 2.75) is 11.3 Å². The zero-order valence-corrected chi connectivity index (χ0v) is 12.6. The highest BCUT2D eigenvalue weighted by Crippen LogP contribution is 2.25. The fourth-order valence-corrected chi connectivity index (χ4v) is 3.51. The third kappa shape index (κ3) is 3.71. The summed E-state index contributed by atoms with van der Waals surface area (Å²) in [5.74, 6) is 0. The van der Waals surface area contributed by atoms with Gasteiger partial charge in [0.2, 0.25) is 0 Å². The minimum absolute atomic E-state index is 0.167. The van der Waals surface area contributed by atoms with Crippen molar-refractivity contribution in [1.82, 2.24) is 4.90 Å². The molecule has 1 aromatic carbocycles. The minimum Gasteiger partial charge on any atom is -0.395 e. The highest BCUT2D eigenvalue weighted by atomic mass is 32.2. The van der Waals surface area contributed by atoms with E-state index >= 15 is 0 Å². The van der Waals surface area contributed by atoms with Gasteiger partial charge in [-0.2, -0.15) is 0 Å². The van der Waals surface area contributed by atoms with Gasteiger partial charge >= 0.3 is 0 Å². The summed E-state index contributed by atoms with van der Waals surface area (Å²) in [5.41, 5.74) is 0.792. The summed E-state index contributed by atoms with van der Waals surface area (Å²) in [6.45, 7) is 4.26. The molecule has 6 heteroatoms. The molecule has 0 amide bonds. The summed E-state index contributed by atoms with van der Waals surface area (Å²) in [5, 5.41) is 9.01. The van der Waals surface area contributed by atoms with Crippen LogP contribution < -0.4 is 4.90 Å². The Kier molecular flexibility index (Phi) is 5.01. The number of aliphatic hydroxyl groups is 1. The Morgan fingerprint density at radius 2 is 1.90 bits per heavy atom. The molecule has 1 heterocycles. The van der Waals surface area contributed by atoms with E-state index in [1.165, 1.54) is 6.26 Å². The largest absolute Gasteiger partial charge is 0.395 e. The zero-order valence-electron chi connectivity index (χ0n) is 11.8. The van der Waals surface area contributed by atoms with E-state index in [1.807, 2.05) is 12.1 Å². The lowest BCUT2D eigenvalue weighted by Crippen LogP contribution is -2.32. The predicted octanol–water partition coefficient (Wildman–Crippen LogP) is 0.595. The summed E-state index contributed by atoms with van der Waals surface area (Å²) < 4.78 is 23.8. The number of sulfone groups is 1. The molecule has 0 atom stereocenters. The van der Waals surface area contributed by atoms with Crippen LogP contribution in [0.2, 0.25) is 0 Å². The highest BCUT2D eigenvalue weighted by molar-refractivity contribution is 7.90. The number of benzene rings is 1. The van der Waals surface area contributed by atoms with Crippen LogP contribution in [0.15, 0.2) is 29.2 Å². The van der Waals surface area contributed by atoms with Crippen LogP contribution in [0.5, 0.6) is 0 Å². The van der Waals surface area contributed by atoms with Crippen molar-refractivity contribution in [1.29, 1.82) is 0 Å². The molecule has 1 aliphatic rings. The van der Waals surface area contributed by atoms with Gasteiger partial charge in [-0.3, -0.25) is 4.90 Å². The fourth-order valence-electron chi connectivity index (χ4n) is 2.61. The van der Waals surface area contributed by atoms with Gasteiger partial charge in [-0.15, -0.1) is 0 Å². The van der Waals surface area contributed by atoms with Crippen LogP contribution in [0.1, 0.15) is 6.42 Å². The number of hydrogen-bond acceptors (Lipinski definition) is 5. The van der Waals surface area contributed by atoms with E-state index in [2.05, 4.69) is 9.80 Å². The standard InChI is InChI=1S/C14H22N2O3S/c1-20(18,19)14-6-3-2-5-13(14)16-8-4-7-15(9-10-16)11-12-17/h2-3,5-6,17H,4,7-12H2,1H3. The maximum atomic E-state index is 11.9. The molecule has 0 unspecified atom stereocenters.